The Morgan fingerprint density at radius 2 is 1.61 bits per heavy atom. The van der Waals surface area contributed by atoms with Crippen molar-refractivity contribution in [3.05, 3.63) is 64.7 Å². The number of halogens is 4. The fraction of sp³-hybridized carbons (Fsp3) is 0.263. The molecule has 0 fully saturated rings. The molecular weight excluding hydrogens is 395 g/mol. The SMILES string of the molecule is CC(=O)Nc1ccc(CCc2ccc(CC(=O)NN)cc2)c(C(F)(F)F)c1.Cl. The Kier molecular flexibility index (Phi) is 8.46. The molecule has 4 N–H and O–H groups in total. The molecule has 0 radical (unpaired) electrons. The summed E-state index contributed by atoms with van der Waals surface area (Å²) < 4.78 is 40.0. The zero-order valence-corrected chi connectivity index (χ0v) is 15.9. The highest BCUT2D eigenvalue weighted by atomic mass is 35.5. The first-order chi connectivity index (χ1) is 12.7. The number of rotatable bonds is 6. The molecule has 0 aliphatic rings. The molecule has 0 aliphatic carbocycles. The number of nitrogens with two attached hydrogens (primary N) is 1. The Balaban J connectivity index is 0.00000392. The van der Waals surface area contributed by atoms with E-state index in [0.29, 0.717) is 6.42 Å². The number of carbonyl (C=O) groups excluding carboxylic acids is 2. The highest BCUT2D eigenvalue weighted by Crippen LogP contribution is 2.34. The van der Waals surface area contributed by atoms with Crippen LogP contribution in [-0.2, 0) is 35.0 Å². The van der Waals surface area contributed by atoms with Gasteiger partial charge in [-0.05, 0) is 41.7 Å². The van der Waals surface area contributed by atoms with E-state index in [4.69, 9.17) is 5.84 Å². The quantitative estimate of drug-likeness (QED) is 0.384. The molecule has 28 heavy (non-hydrogen) atoms. The zero-order chi connectivity index (χ0) is 20.0. The van der Waals surface area contributed by atoms with Gasteiger partial charge in [-0.15, -0.1) is 12.4 Å². The van der Waals surface area contributed by atoms with E-state index in [0.717, 1.165) is 17.2 Å². The summed E-state index contributed by atoms with van der Waals surface area (Å²) >= 11 is 0. The predicted molar refractivity (Wildman–Crippen MR) is 103 cm³/mol. The topological polar surface area (TPSA) is 84.2 Å². The Labute approximate surface area is 166 Å². The van der Waals surface area contributed by atoms with Crippen molar-refractivity contribution in [1.82, 2.24) is 5.43 Å². The third kappa shape index (κ3) is 6.86. The van der Waals surface area contributed by atoms with E-state index in [9.17, 15) is 22.8 Å². The fourth-order valence-corrected chi connectivity index (χ4v) is 2.68. The minimum absolute atomic E-state index is 0. The molecule has 5 nitrogen and oxygen atoms in total. The molecule has 0 saturated heterocycles. The van der Waals surface area contributed by atoms with Crippen molar-refractivity contribution in [2.45, 2.75) is 32.4 Å². The Morgan fingerprint density at radius 1 is 1.00 bits per heavy atom. The van der Waals surface area contributed by atoms with E-state index >= 15 is 0 Å². The van der Waals surface area contributed by atoms with Crippen molar-refractivity contribution in [3.63, 3.8) is 0 Å². The second-order valence-electron chi connectivity index (χ2n) is 6.11. The Hall–Kier alpha value is -2.58. The lowest BCUT2D eigenvalue weighted by atomic mass is 9.98. The number of hydrogen-bond acceptors (Lipinski definition) is 3. The molecule has 9 heteroatoms. The number of amides is 2. The fourth-order valence-electron chi connectivity index (χ4n) is 2.68. The molecule has 2 aromatic carbocycles. The molecule has 0 aliphatic heterocycles. The first-order valence-corrected chi connectivity index (χ1v) is 8.24. The van der Waals surface area contributed by atoms with Crippen LogP contribution in [0.25, 0.3) is 0 Å². The summed E-state index contributed by atoms with van der Waals surface area (Å²) in [6.07, 6.45) is -3.77. The molecule has 2 amide bonds. The Bertz CT molecular complexity index is 824. The molecule has 0 bridgehead atoms. The van der Waals surface area contributed by atoms with E-state index in [1.165, 1.54) is 19.1 Å². The van der Waals surface area contributed by atoms with Gasteiger partial charge in [-0.2, -0.15) is 13.2 Å². The van der Waals surface area contributed by atoms with Gasteiger partial charge in [0, 0.05) is 12.6 Å². The van der Waals surface area contributed by atoms with Crippen LogP contribution in [-0.4, -0.2) is 11.8 Å². The summed E-state index contributed by atoms with van der Waals surface area (Å²) in [7, 11) is 0. The van der Waals surface area contributed by atoms with Crippen molar-refractivity contribution in [2.24, 2.45) is 5.84 Å². The first-order valence-electron chi connectivity index (χ1n) is 8.24. The third-order valence-corrected chi connectivity index (χ3v) is 3.97. The second-order valence-corrected chi connectivity index (χ2v) is 6.11. The average molecular weight is 416 g/mol. The number of nitrogens with one attached hydrogen (secondary N) is 2. The summed E-state index contributed by atoms with van der Waals surface area (Å²) in [6, 6.07) is 10.8. The molecule has 0 heterocycles. The molecule has 2 aromatic rings. The number of benzene rings is 2. The van der Waals surface area contributed by atoms with Gasteiger partial charge in [0.1, 0.15) is 0 Å². The van der Waals surface area contributed by atoms with E-state index in [2.05, 4.69) is 5.32 Å². The standard InChI is InChI=1S/C19H20F3N3O2.ClH/c1-12(26)24-16-9-8-15(17(11-16)19(20,21)22)7-6-13-2-4-14(5-3-13)10-18(27)25-23;/h2-5,8-9,11H,6-7,10,23H2,1H3,(H,24,26)(H,25,27);1H. The van der Waals surface area contributed by atoms with E-state index in [1.807, 2.05) is 5.43 Å². The van der Waals surface area contributed by atoms with Crippen LogP contribution in [0.5, 0.6) is 0 Å². The van der Waals surface area contributed by atoms with Gasteiger partial charge in [0.25, 0.3) is 0 Å². The number of hydrazine groups is 1. The molecule has 0 unspecified atom stereocenters. The van der Waals surface area contributed by atoms with Gasteiger partial charge in [0.2, 0.25) is 11.8 Å². The van der Waals surface area contributed by atoms with Crippen LogP contribution in [0.3, 0.4) is 0 Å². The Morgan fingerprint density at radius 3 is 2.14 bits per heavy atom. The number of alkyl halides is 3. The van der Waals surface area contributed by atoms with Gasteiger partial charge in [0.05, 0.1) is 12.0 Å². The van der Waals surface area contributed by atoms with Crippen molar-refractivity contribution in [1.29, 1.82) is 0 Å². The van der Waals surface area contributed by atoms with E-state index in [1.54, 1.807) is 24.3 Å². The van der Waals surface area contributed by atoms with Gasteiger partial charge >= 0.3 is 6.18 Å². The third-order valence-electron chi connectivity index (χ3n) is 3.97. The maximum atomic E-state index is 13.3. The van der Waals surface area contributed by atoms with Crippen LogP contribution < -0.4 is 16.6 Å². The van der Waals surface area contributed by atoms with Gasteiger partial charge in [-0.25, -0.2) is 5.84 Å². The molecule has 0 atom stereocenters. The maximum Gasteiger partial charge on any atom is 0.416 e. The van der Waals surface area contributed by atoms with E-state index in [-0.39, 0.29) is 42.4 Å². The number of aryl methyl sites for hydroxylation is 2. The second kappa shape index (κ2) is 10.1. The first kappa shape index (κ1) is 23.5. The van der Waals surface area contributed by atoms with Crippen molar-refractivity contribution in [2.75, 3.05) is 5.32 Å². The molecule has 2 rings (SSSR count). The maximum absolute atomic E-state index is 13.3. The minimum Gasteiger partial charge on any atom is -0.326 e. The number of anilines is 1. The summed E-state index contributed by atoms with van der Waals surface area (Å²) in [5.74, 6) is 4.28. The smallest absolute Gasteiger partial charge is 0.326 e. The van der Waals surface area contributed by atoms with Gasteiger partial charge in [-0.1, -0.05) is 30.3 Å². The molecular formula is C19H21ClF3N3O2. The summed E-state index contributed by atoms with van der Waals surface area (Å²) in [4.78, 5) is 22.3. The van der Waals surface area contributed by atoms with Crippen molar-refractivity contribution >= 4 is 29.9 Å². The summed E-state index contributed by atoms with van der Waals surface area (Å²) in [5.41, 5.74) is 3.16. The van der Waals surface area contributed by atoms with Crippen LogP contribution in [0.4, 0.5) is 18.9 Å². The van der Waals surface area contributed by atoms with Crippen LogP contribution in [0.15, 0.2) is 42.5 Å². The van der Waals surface area contributed by atoms with Crippen molar-refractivity contribution < 1.29 is 22.8 Å². The summed E-state index contributed by atoms with van der Waals surface area (Å²) in [6.45, 7) is 1.24. The molecule has 0 saturated carbocycles. The molecule has 0 aromatic heterocycles. The number of carbonyl (C=O) groups is 2. The van der Waals surface area contributed by atoms with Crippen LogP contribution in [0, 0.1) is 0 Å². The predicted octanol–water partition coefficient (Wildman–Crippen LogP) is 3.40. The monoisotopic (exact) mass is 415 g/mol. The highest BCUT2D eigenvalue weighted by molar-refractivity contribution is 5.88. The van der Waals surface area contributed by atoms with Gasteiger partial charge < -0.3 is 5.32 Å². The van der Waals surface area contributed by atoms with Crippen LogP contribution >= 0.6 is 12.4 Å². The lowest BCUT2D eigenvalue weighted by Crippen LogP contribution is -2.31. The lowest BCUT2D eigenvalue weighted by Gasteiger charge is -2.15. The molecule has 0 spiro atoms. The van der Waals surface area contributed by atoms with Crippen LogP contribution in [0.1, 0.15) is 29.2 Å². The number of hydrogen-bond donors (Lipinski definition) is 3. The lowest BCUT2D eigenvalue weighted by molar-refractivity contribution is -0.138. The average Bonchev–Trinajstić information content (AvgIpc) is 2.60. The van der Waals surface area contributed by atoms with E-state index < -0.39 is 17.6 Å². The summed E-state index contributed by atoms with van der Waals surface area (Å²) in [5, 5.41) is 2.36. The van der Waals surface area contributed by atoms with Crippen molar-refractivity contribution in [3.8, 4) is 0 Å². The van der Waals surface area contributed by atoms with Gasteiger partial charge in [0.15, 0.2) is 0 Å². The van der Waals surface area contributed by atoms with Crippen LogP contribution in [0.2, 0.25) is 0 Å². The normalized spacial score (nSPS) is 10.8. The zero-order valence-electron chi connectivity index (χ0n) is 15.1. The molecule has 152 valence electrons. The highest BCUT2D eigenvalue weighted by Gasteiger charge is 2.33. The largest absolute Gasteiger partial charge is 0.416 e. The van der Waals surface area contributed by atoms with Gasteiger partial charge in [-0.3, -0.25) is 15.0 Å². The minimum atomic E-state index is -4.51.